The van der Waals surface area contributed by atoms with Crippen molar-refractivity contribution in [2.24, 2.45) is 0 Å². The molecule has 0 fully saturated rings. The van der Waals surface area contributed by atoms with Crippen LogP contribution in [0.3, 0.4) is 0 Å². The number of hydrogen-bond acceptors (Lipinski definition) is 0. The molecule has 0 amide bonds. The molecule has 0 atom stereocenters. The van der Waals surface area contributed by atoms with Crippen molar-refractivity contribution in [2.75, 3.05) is 0 Å². The highest BCUT2D eigenvalue weighted by atomic mass is 14.5. The van der Waals surface area contributed by atoms with Crippen LogP contribution in [0.1, 0.15) is 62.9 Å². The van der Waals surface area contributed by atoms with Gasteiger partial charge in [0.1, 0.15) is 0 Å². The molecule has 0 heterocycles. The normalized spacial score (nSPS) is 16.8. The van der Waals surface area contributed by atoms with Gasteiger partial charge in [0.05, 0.1) is 5.41 Å². The van der Waals surface area contributed by atoms with E-state index in [0.717, 1.165) is 25.7 Å². The summed E-state index contributed by atoms with van der Waals surface area (Å²) in [5.74, 6) is 0. The molecule has 0 unspecified atom stereocenters. The summed E-state index contributed by atoms with van der Waals surface area (Å²) in [7, 11) is 0. The molecule has 0 heteroatoms. The lowest BCUT2D eigenvalue weighted by molar-refractivity contribution is 0.787. The predicted molar refractivity (Wildman–Crippen MR) is 183 cm³/mol. The van der Waals surface area contributed by atoms with Crippen molar-refractivity contribution in [2.45, 2.75) is 31.1 Å². The van der Waals surface area contributed by atoms with Gasteiger partial charge in [-0.2, -0.15) is 0 Å². The molecular formula is C43H32. The Labute approximate surface area is 253 Å². The SMILES string of the molecule is C=CC1=C(/C=C\c2ccc3c4c(c5c(c3c2)C=CCC5)CCC=C4)c2ccccc2C12c1ccccc1-c1ccccc12. The number of benzene rings is 5. The van der Waals surface area contributed by atoms with Crippen molar-refractivity contribution in [1.82, 2.24) is 0 Å². The average molecular weight is 549 g/mol. The van der Waals surface area contributed by atoms with Crippen LogP contribution >= 0.6 is 0 Å². The molecule has 0 aromatic heterocycles. The standard InChI is InChI=1S/C43H32/c1-2-39-37(26-24-28-23-25-33-31-15-4-3-13-29(31)30-14-5-6-16-32(30)38(33)27-28)36-19-9-12-22-42(36)43(39)40-20-10-7-17-34(40)35-18-8-11-21-41(35)43/h2,4,6-12,15-27H,1,3,5,13-14H2/b26-24-. The third kappa shape index (κ3) is 3.27. The van der Waals surface area contributed by atoms with Crippen LogP contribution in [0.4, 0.5) is 0 Å². The van der Waals surface area contributed by atoms with Gasteiger partial charge >= 0.3 is 0 Å². The molecule has 1 spiro atoms. The lowest BCUT2D eigenvalue weighted by Gasteiger charge is -2.31. The van der Waals surface area contributed by atoms with Crippen LogP contribution in [0.2, 0.25) is 0 Å². The van der Waals surface area contributed by atoms with E-state index < -0.39 is 0 Å². The topological polar surface area (TPSA) is 0 Å². The Bertz CT molecular complexity index is 2100. The molecule has 5 aromatic rings. The van der Waals surface area contributed by atoms with E-state index in [1.165, 1.54) is 72.0 Å². The smallest absolute Gasteiger partial charge is 0.0725 e. The highest BCUT2D eigenvalue weighted by Gasteiger charge is 2.51. The van der Waals surface area contributed by atoms with Gasteiger partial charge in [-0.05, 0) is 115 Å². The van der Waals surface area contributed by atoms with E-state index in [0.29, 0.717) is 0 Å². The van der Waals surface area contributed by atoms with Crippen LogP contribution in [-0.4, -0.2) is 0 Å². The second-order valence-electron chi connectivity index (χ2n) is 12.2. The Morgan fingerprint density at radius 3 is 1.77 bits per heavy atom. The maximum Gasteiger partial charge on any atom is 0.0725 e. The molecule has 0 nitrogen and oxygen atoms in total. The van der Waals surface area contributed by atoms with Gasteiger partial charge < -0.3 is 0 Å². The van der Waals surface area contributed by atoms with E-state index in [-0.39, 0.29) is 5.41 Å². The van der Waals surface area contributed by atoms with Gasteiger partial charge in [-0.3, -0.25) is 0 Å². The molecule has 0 saturated carbocycles. The summed E-state index contributed by atoms with van der Waals surface area (Å²) in [5, 5.41) is 2.75. The summed E-state index contributed by atoms with van der Waals surface area (Å²) in [6.45, 7) is 4.42. The van der Waals surface area contributed by atoms with Crippen LogP contribution in [0.15, 0.2) is 127 Å². The highest BCUT2D eigenvalue weighted by molar-refractivity contribution is 6.02. The van der Waals surface area contributed by atoms with E-state index in [1.54, 1.807) is 11.1 Å². The molecule has 9 rings (SSSR count). The minimum absolute atomic E-state index is 0.357. The van der Waals surface area contributed by atoms with Gasteiger partial charge in [-0.1, -0.05) is 134 Å². The van der Waals surface area contributed by atoms with Crippen molar-refractivity contribution in [1.29, 1.82) is 0 Å². The molecule has 0 aliphatic heterocycles. The van der Waals surface area contributed by atoms with E-state index in [1.807, 2.05) is 0 Å². The number of hydrogen-bond donors (Lipinski definition) is 0. The Kier molecular flexibility index (Phi) is 5.32. The third-order valence-corrected chi connectivity index (χ3v) is 10.2. The van der Waals surface area contributed by atoms with Crippen LogP contribution in [-0.2, 0) is 18.3 Å². The van der Waals surface area contributed by atoms with Crippen molar-refractivity contribution in [3.8, 4) is 11.1 Å². The van der Waals surface area contributed by atoms with Gasteiger partial charge in [0.2, 0.25) is 0 Å². The summed E-state index contributed by atoms with van der Waals surface area (Å²) in [5.41, 5.74) is 17.4. The summed E-state index contributed by atoms with van der Waals surface area (Å²) < 4.78 is 0. The minimum atomic E-state index is -0.357. The predicted octanol–water partition coefficient (Wildman–Crippen LogP) is 10.7. The van der Waals surface area contributed by atoms with Gasteiger partial charge in [0, 0.05) is 0 Å². The Balaban J connectivity index is 1.25. The van der Waals surface area contributed by atoms with Crippen LogP contribution < -0.4 is 0 Å². The van der Waals surface area contributed by atoms with Crippen molar-refractivity contribution < 1.29 is 0 Å². The highest BCUT2D eigenvalue weighted by Crippen LogP contribution is 2.62. The summed E-state index contributed by atoms with van der Waals surface area (Å²) >= 11 is 0. The maximum atomic E-state index is 4.42. The fourth-order valence-electron chi connectivity index (χ4n) is 8.56. The first-order chi connectivity index (χ1) is 21.3. The van der Waals surface area contributed by atoms with Crippen LogP contribution in [0.5, 0.6) is 0 Å². The molecule has 0 radical (unpaired) electrons. The quantitative estimate of drug-likeness (QED) is 0.210. The molecule has 204 valence electrons. The molecule has 5 aromatic carbocycles. The number of allylic oxidation sites excluding steroid dienone is 6. The van der Waals surface area contributed by atoms with Gasteiger partial charge in [-0.25, -0.2) is 0 Å². The maximum absolute atomic E-state index is 4.42. The van der Waals surface area contributed by atoms with Gasteiger partial charge in [0.15, 0.2) is 0 Å². The third-order valence-electron chi connectivity index (χ3n) is 10.2. The largest absolute Gasteiger partial charge is 0.0987 e. The second kappa shape index (κ2) is 9.28. The molecule has 4 aliphatic rings. The summed E-state index contributed by atoms with van der Waals surface area (Å²) in [6, 6.07) is 33.9. The zero-order chi connectivity index (χ0) is 28.5. The lowest BCUT2D eigenvalue weighted by Crippen LogP contribution is -2.26. The zero-order valence-corrected chi connectivity index (χ0v) is 24.2. The van der Waals surface area contributed by atoms with E-state index in [2.05, 4.69) is 140 Å². The van der Waals surface area contributed by atoms with Crippen molar-refractivity contribution in [3.05, 3.63) is 178 Å². The van der Waals surface area contributed by atoms with E-state index in [9.17, 15) is 0 Å². The fraction of sp³-hybridized carbons (Fsp3) is 0.116. The lowest BCUT2D eigenvalue weighted by atomic mass is 9.69. The number of rotatable bonds is 3. The van der Waals surface area contributed by atoms with E-state index >= 15 is 0 Å². The molecule has 0 bridgehead atoms. The molecular weight excluding hydrogens is 516 g/mol. The molecule has 0 saturated heterocycles. The monoisotopic (exact) mass is 548 g/mol. The zero-order valence-electron chi connectivity index (χ0n) is 24.2. The Morgan fingerprint density at radius 2 is 1.14 bits per heavy atom. The van der Waals surface area contributed by atoms with Crippen LogP contribution in [0, 0.1) is 0 Å². The first kappa shape index (κ1) is 24.6. The number of fused-ring (bicyclic) bond motifs is 13. The van der Waals surface area contributed by atoms with Gasteiger partial charge in [-0.15, -0.1) is 0 Å². The Hall–Kier alpha value is -4.94. The fourth-order valence-corrected chi connectivity index (χ4v) is 8.56. The average Bonchev–Trinajstić information content (AvgIpc) is 3.54. The first-order valence-corrected chi connectivity index (χ1v) is 15.6. The molecule has 4 aliphatic carbocycles. The molecule has 0 N–H and O–H groups in total. The minimum Gasteiger partial charge on any atom is -0.0987 e. The van der Waals surface area contributed by atoms with Gasteiger partial charge in [0.25, 0.3) is 0 Å². The summed E-state index contributed by atoms with van der Waals surface area (Å²) in [6.07, 6.45) is 20.8. The Morgan fingerprint density at radius 1 is 0.581 bits per heavy atom. The molecule has 43 heavy (non-hydrogen) atoms. The van der Waals surface area contributed by atoms with Crippen molar-refractivity contribution in [3.63, 3.8) is 0 Å². The second-order valence-corrected chi connectivity index (χ2v) is 12.2. The summed E-state index contributed by atoms with van der Waals surface area (Å²) in [4.78, 5) is 0. The first-order valence-electron chi connectivity index (χ1n) is 15.6. The van der Waals surface area contributed by atoms with Crippen LogP contribution in [0.25, 0.3) is 45.7 Å². The van der Waals surface area contributed by atoms with Crippen molar-refractivity contribution >= 4 is 34.6 Å². The van der Waals surface area contributed by atoms with E-state index in [4.69, 9.17) is 0 Å².